The van der Waals surface area contributed by atoms with Crippen molar-refractivity contribution in [1.82, 2.24) is 0 Å². The summed E-state index contributed by atoms with van der Waals surface area (Å²) >= 11 is 6.09. The fourth-order valence-electron chi connectivity index (χ4n) is 3.75. The minimum atomic E-state index is -0.564. The minimum Gasteiger partial charge on any atom is -0.450 e. The Morgan fingerprint density at radius 1 is 0.857 bits per heavy atom. The summed E-state index contributed by atoms with van der Waals surface area (Å²) in [5, 5.41) is 0.815. The van der Waals surface area contributed by atoms with Crippen LogP contribution >= 0.6 is 11.6 Å². The first-order valence-corrected chi connectivity index (χ1v) is 9.23. The average molecular weight is 388 g/mol. The van der Waals surface area contributed by atoms with E-state index in [1.54, 1.807) is 23.1 Å². The molecule has 0 aliphatic carbocycles. The second-order valence-electron chi connectivity index (χ2n) is 6.64. The van der Waals surface area contributed by atoms with Crippen molar-refractivity contribution < 1.29 is 9.21 Å². The number of rotatable bonds is 2. The fourth-order valence-corrected chi connectivity index (χ4v) is 3.92. The number of halogens is 1. The molecule has 1 aliphatic rings. The number of hydrogen-bond acceptors (Lipinski definition) is 3. The number of carbonyl (C=O) groups is 1. The average Bonchev–Trinajstić information content (AvgIpc) is 3.03. The molecule has 0 N–H and O–H groups in total. The van der Waals surface area contributed by atoms with Crippen LogP contribution in [-0.2, 0) is 0 Å². The highest BCUT2D eigenvalue weighted by Crippen LogP contribution is 2.41. The van der Waals surface area contributed by atoms with Crippen LogP contribution in [0.4, 0.5) is 5.69 Å². The number of anilines is 1. The van der Waals surface area contributed by atoms with Gasteiger partial charge in [0.15, 0.2) is 5.43 Å². The summed E-state index contributed by atoms with van der Waals surface area (Å²) in [5.41, 5.74) is 2.00. The summed E-state index contributed by atoms with van der Waals surface area (Å²) < 4.78 is 5.91. The second kappa shape index (κ2) is 6.36. The van der Waals surface area contributed by atoms with Gasteiger partial charge in [-0.15, -0.1) is 0 Å². The van der Waals surface area contributed by atoms with Crippen molar-refractivity contribution in [3.05, 3.63) is 111 Å². The molecule has 4 aromatic rings. The van der Waals surface area contributed by atoms with Crippen molar-refractivity contribution in [2.24, 2.45) is 0 Å². The van der Waals surface area contributed by atoms with Crippen LogP contribution in [0.15, 0.2) is 88.1 Å². The Labute approximate surface area is 165 Å². The van der Waals surface area contributed by atoms with Gasteiger partial charge in [-0.1, -0.05) is 60.1 Å². The number of benzene rings is 3. The van der Waals surface area contributed by atoms with Crippen molar-refractivity contribution in [2.45, 2.75) is 6.04 Å². The third kappa shape index (κ3) is 2.46. The minimum absolute atomic E-state index is 0.0810. The van der Waals surface area contributed by atoms with Crippen LogP contribution in [0, 0.1) is 0 Å². The summed E-state index contributed by atoms with van der Waals surface area (Å²) in [7, 11) is 0. The Bertz CT molecular complexity index is 1270. The van der Waals surface area contributed by atoms with E-state index in [9.17, 15) is 9.59 Å². The molecule has 0 radical (unpaired) electrons. The molecule has 1 unspecified atom stereocenters. The van der Waals surface area contributed by atoms with Gasteiger partial charge in [-0.25, -0.2) is 0 Å². The van der Waals surface area contributed by atoms with Crippen LogP contribution in [0.2, 0.25) is 5.02 Å². The zero-order valence-corrected chi connectivity index (χ0v) is 15.4. The van der Waals surface area contributed by atoms with Crippen LogP contribution in [-0.4, -0.2) is 5.91 Å². The molecule has 28 heavy (non-hydrogen) atoms. The van der Waals surface area contributed by atoms with Crippen molar-refractivity contribution >= 4 is 34.2 Å². The van der Waals surface area contributed by atoms with E-state index in [4.69, 9.17) is 16.0 Å². The van der Waals surface area contributed by atoms with E-state index >= 15 is 0 Å². The number of nitrogens with zero attached hydrogens (tertiary/aromatic N) is 1. The lowest BCUT2D eigenvalue weighted by Crippen LogP contribution is -2.29. The quantitative estimate of drug-likeness (QED) is 0.475. The van der Waals surface area contributed by atoms with E-state index in [1.807, 2.05) is 60.7 Å². The summed E-state index contributed by atoms with van der Waals surface area (Å²) in [6.45, 7) is 0. The molecule has 0 bridgehead atoms. The maximum atomic E-state index is 13.4. The van der Waals surface area contributed by atoms with Gasteiger partial charge in [-0.3, -0.25) is 14.5 Å². The van der Waals surface area contributed by atoms with Gasteiger partial charge in [0.25, 0.3) is 5.91 Å². The smallest absolute Gasteiger partial charge is 0.295 e. The molecule has 0 saturated carbocycles. The summed E-state index contributed by atoms with van der Waals surface area (Å²) in [5.74, 6) is -0.249. The zero-order valence-electron chi connectivity index (χ0n) is 14.6. The van der Waals surface area contributed by atoms with Crippen LogP contribution in [0.1, 0.15) is 27.7 Å². The first-order chi connectivity index (χ1) is 13.6. The Morgan fingerprint density at radius 2 is 1.54 bits per heavy atom. The maximum absolute atomic E-state index is 13.4. The number of amides is 1. The highest BCUT2D eigenvalue weighted by Gasteiger charge is 2.43. The lowest BCUT2D eigenvalue weighted by Gasteiger charge is -2.25. The first kappa shape index (κ1) is 16.8. The number of fused-ring (bicyclic) bond motifs is 2. The van der Waals surface area contributed by atoms with E-state index in [-0.39, 0.29) is 17.1 Å². The van der Waals surface area contributed by atoms with Crippen molar-refractivity contribution in [3.8, 4) is 0 Å². The predicted molar refractivity (Wildman–Crippen MR) is 109 cm³/mol. The molecule has 5 heteroatoms. The normalized spacial score (nSPS) is 15.8. The molecular weight excluding hydrogens is 374 g/mol. The largest absolute Gasteiger partial charge is 0.450 e. The molecule has 5 rings (SSSR count). The third-order valence-corrected chi connectivity index (χ3v) is 5.22. The molecule has 0 spiro atoms. The molecule has 3 aromatic carbocycles. The zero-order chi connectivity index (χ0) is 19.3. The lowest BCUT2D eigenvalue weighted by molar-refractivity contribution is 0.0971. The number of carbonyl (C=O) groups excluding carboxylic acids is 1. The Hall–Kier alpha value is -3.37. The topological polar surface area (TPSA) is 50.5 Å². The molecule has 1 aliphatic heterocycles. The maximum Gasteiger partial charge on any atom is 0.295 e. The van der Waals surface area contributed by atoms with Crippen LogP contribution in [0.25, 0.3) is 11.0 Å². The summed E-state index contributed by atoms with van der Waals surface area (Å²) in [6, 6.07) is 23.1. The van der Waals surface area contributed by atoms with Crippen molar-refractivity contribution in [2.75, 3.05) is 4.90 Å². The van der Waals surface area contributed by atoms with E-state index in [1.165, 1.54) is 0 Å². The Morgan fingerprint density at radius 3 is 2.25 bits per heavy atom. The van der Waals surface area contributed by atoms with E-state index in [0.717, 1.165) is 5.56 Å². The standard InChI is InChI=1S/C23H14ClNO3/c24-15-11-12-18-17(13-15)21(26)19-20(14-7-3-1-4-8-14)25(23(27)22(19)28-18)16-9-5-2-6-10-16/h1-13,20H. The second-order valence-corrected chi connectivity index (χ2v) is 7.07. The van der Waals surface area contributed by atoms with Crippen LogP contribution < -0.4 is 10.3 Å². The fraction of sp³-hybridized carbons (Fsp3) is 0.0435. The number of hydrogen-bond donors (Lipinski definition) is 0. The monoisotopic (exact) mass is 387 g/mol. The van der Waals surface area contributed by atoms with Crippen molar-refractivity contribution in [1.29, 1.82) is 0 Å². The van der Waals surface area contributed by atoms with E-state index < -0.39 is 6.04 Å². The first-order valence-electron chi connectivity index (χ1n) is 8.85. The van der Waals surface area contributed by atoms with Gasteiger partial charge in [0.1, 0.15) is 5.58 Å². The molecule has 0 saturated heterocycles. The molecule has 1 atom stereocenters. The third-order valence-electron chi connectivity index (χ3n) is 4.98. The lowest BCUT2D eigenvalue weighted by atomic mass is 9.98. The Kier molecular flexibility index (Phi) is 3.81. The van der Waals surface area contributed by atoms with Gasteiger partial charge < -0.3 is 4.42 Å². The van der Waals surface area contributed by atoms with E-state index in [2.05, 4.69) is 0 Å². The molecule has 136 valence electrons. The molecule has 2 heterocycles. The number of para-hydroxylation sites is 1. The van der Waals surface area contributed by atoms with Crippen molar-refractivity contribution in [3.63, 3.8) is 0 Å². The Balaban J connectivity index is 1.84. The van der Waals surface area contributed by atoms with Gasteiger partial charge in [-0.05, 0) is 35.9 Å². The SMILES string of the molecule is O=C1c2oc3ccc(Cl)cc3c(=O)c2C(c2ccccc2)N1c1ccccc1. The predicted octanol–water partition coefficient (Wildman–Crippen LogP) is 5.20. The van der Waals surface area contributed by atoms with Gasteiger partial charge in [0.05, 0.1) is 17.0 Å². The van der Waals surface area contributed by atoms with Gasteiger partial charge in [-0.2, -0.15) is 0 Å². The summed E-state index contributed by atoms with van der Waals surface area (Å²) in [6.07, 6.45) is 0. The molecule has 1 amide bonds. The highest BCUT2D eigenvalue weighted by molar-refractivity contribution is 6.31. The van der Waals surface area contributed by atoms with Gasteiger partial charge in [0, 0.05) is 10.7 Å². The van der Waals surface area contributed by atoms with Gasteiger partial charge in [0.2, 0.25) is 5.76 Å². The van der Waals surface area contributed by atoms with Gasteiger partial charge >= 0.3 is 0 Å². The molecule has 1 aromatic heterocycles. The molecular formula is C23H14ClNO3. The molecule has 0 fully saturated rings. The molecule has 4 nitrogen and oxygen atoms in total. The van der Waals surface area contributed by atoms with Crippen LogP contribution in [0.5, 0.6) is 0 Å². The van der Waals surface area contributed by atoms with E-state index in [0.29, 0.717) is 27.2 Å². The highest BCUT2D eigenvalue weighted by atomic mass is 35.5. The van der Waals surface area contributed by atoms with Crippen LogP contribution in [0.3, 0.4) is 0 Å². The summed E-state index contributed by atoms with van der Waals surface area (Å²) in [4.78, 5) is 28.3.